The van der Waals surface area contributed by atoms with E-state index in [9.17, 15) is 0 Å². The van der Waals surface area contributed by atoms with Crippen LogP contribution >= 0.6 is 0 Å². The summed E-state index contributed by atoms with van der Waals surface area (Å²) in [6, 6.07) is 15.4. The van der Waals surface area contributed by atoms with Gasteiger partial charge in [-0.25, -0.2) is 0 Å². The molecule has 0 saturated heterocycles. The van der Waals surface area contributed by atoms with E-state index in [1.54, 1.807) is 0 Å². The van der Waals surface area contributed by atoms with Crippen LogP contribution in [0, 0.1) is 13.8 Å². The van der Waals surface area contributed by atoms with Crippen molar-refractivity contribution in [1.29, 1.82) is 0 Å². The lowest BCUT2D eigenvalue weighted by molar-refractivity contribution is 0.886. The molecule has 2 rings (SSSR count). The fourth-order valence-corrected chi connectivity index (χ4v) is 2.88. The molecule has 0 aliphatic heterocycles. The molecule has 1 N–H and O–H groups in total. The van der Waals surface area contributed by atoms with Crippen LogP contribution in [0.1, 0.15) is 76.1 Å². The Labute approximate surface area is 173 Å². The van der Waals surface area contributed by atoms with E-state index in [1.165, 1.54) is 51.9 Å². The summed E-state index contributed by atoms with van der Waals surface area (Å²) >= 11 is 0. The summed E-state index contributed by atoms with van der Waals surface area (Å²) < 4.78 is 0. The molecule has 0 spiro atoms. The smallest absolute Gasteiger partial charge is 0.0376 e. The Hall–Kier alpha value is -2.28. The number of aryl methyl sites for hydroxylation is 2. The highest BCUT2D eigenvalue weighted by Gasteiger charge is 2.08. The van der Waals surface area contributed by atoms with Gasteiger partial charge in [0.05, 0.1) is 0 Å². The van der Waals surface area contributed by atoms with E-state index >= 15 is 0 Å². The highest BCUT2D eigenvalue weighted by Crippen LogP contribution is 2.30. The molecule has 0 atom stereocenters. The molecule has 2 aromatic carbocycles. The van der Waals surface area contributed by atoms with Crippen molar-refractivity contribution in [1.82, 2.24) is 0 Å². The molecule has 1 nitrogen and oxygen atoms in total. The van der Waals surface area contributed by atoms with Gasteiger partial charge in [-0.2, -0.15) is 0 Å². The van der Waals surface area contributed by atoms with Crippen molar-refractivity contribution in [2.24, 2.45) is 0 Å². The molecule has 2 aromatic rings. The number of rotatable bonds is 7. The zero-order valence-electron chi connectivity index (χ0n) is 19.0. The van der Waals surface area contributed by atoms with E-state index in [-0.39, 0.29) is 0 Å². The van der Waals surface area contributed by atoms with Gasteiger partial charge in [0.2, 0.25) is 0 Å². The summed E-state index contributed by atoms with van der Waals surface area (Å²) in [5, 5.41) is 3.47. The van der Waals surface area contributed by atoms with Gasteiger partial charge in [0.25, 0.3) is 0 Å². The average Bonchev–Trinajstić information content (AvgIpc) is 2.70. The molecule has 1 heteroatoms. The summed E-state index contributed by atoms with van der Waals surface area (Å²) in [5.74, 6) is 0. The van der Waals surface area contributed by atoms with Crippen LogP contribution in [0.5, 0.6) is 0 Å². The molecule has 0 saturated carbocycles. The number of hydrogen-bond donors (Lipinski definition) is 1. The second-order valence-electron chi connectivity index (χ2n) is 7.28. The predicted octanol–water partition coefficient (Wildman–Crippen LogP) is 8.44. The molecule has 0 bridgehead atoms. The quantitative estimate of drug-likeness (QED) is 0.377. The zero-order valence-corrected chi connectivity index (χ0v) is 19.0. The molecule has 0 heterocycles. The Morgan fingerprint density at radius 2 is 1.61 bits per heavy atom. The van der Waals surface area contributed by atoms with Crippen LogP contribution in [-0.4, -0.2) is 6.54 Å². The lowest BCUT2D eigenvalue weighted by atomic mass is 9.93. The number of unbranched alkanes of at least 4 members (excludes halogenated alkanes) is 1. The first-order valence-electron chi connectivity index (χ1n) is 10.8. The minimum atomic E-state index is 0.936. The number of allylic oxidation sites excluding steroid dienone is 4. The molecule has 0 radical (unpaired) electrons. The molecule has 0 fully saturated rings. The summed E-state index contributed by atoms with van der Waals surface area (Å²) in [6.07, 6.45) is 8.18. The number of benzene rings is 2. The largest absolute Gasteiger partial charge is 0.385 e. The van der Waals surface area contributed by atoms with E-state index in [2.05, 4.69) is 108 Å². The Balaban J connectivity index is 0.000000892. The van der Waals surface area contributed by atoms with Gasteiger partial charge in [0, 0.05) is 12.2 Å². The van der Waals surface area contributed by atoms with Gasteiger partial charge in [-0.05, 0) is 68.0 Å². The number of hydrogen-bond acceptors (Lipinski definition) is 1. The van der Waals surface area contributed by atoms with Gasteiger partial charge in [-0.15, -0.1) is 0 Å². The first-order chi connectivity index (χ1) is 13.5. The van der Waals surface area contributed by atoms with Crippen molar-refractivity contribution in [3.63, 3.8) is 0 Å². The molecular formula is C27H39N. The SMILES string of the molecule is CC/C=C\C(=C(/C)c1cccc(C)c1)c1ccc(C)c(NCC)c1.CCCC. The Morgan fingerprint density at radius 1 is 0.893 bits per heavy atom. The van der Waals surface area contributed by atoms with Gasteiger partial charge in [0.15, 0.2) is 0 Å². The maximum atomic E-state index is 3.47. The van der Waals surface area contributed by atoms with Crippen LogP contribution < -0.4 is 5.32 Å². The highest BCUT2D eigenvalue weighted by atomic mass is 14.9. The molecule has 28 heavy (non-hydrogen) atoms. The van der Waals surface area contributed by atoms with Crippen molar-refractivity contribution in [2.45, 2.75) is 67.7 Å². The van der Waals surface area contributed by atoms with Crippen LogP contribution in [0.25, 0.3) is 11.1 Å². The topological polar surface area (TPSA) is 12.0 Å². The number of anilines is 1. The summed E-state index contributed by atoms with van der Waals surface area (Å²) in [4.78, 5) is 0. The summed E-state index contributed by atoms with van der Waals surface area (Å²) in [5.41, 5.74) is 8.96. The molecule has 0 aromatic heterocycles. The molecule has 0 amide bonds. The third-order valence-electron chi connectivity index (χ3n) is 4.79. The van der Waals surface area contributed by atoms with Crippen molar-refractivity contribution in [3.05, 3.63) is 76.9 Å². The van der Waals surface area contributed by atoms with E-state index in [0.29, 0.717) is 0 Å². The third-order valence-corrected chi connectivity index (χ3v) is 4.79. The Bertz CT molecular complexity index is 779. The second-order valence-corrected chi connectivity index (χ2v) is 7.28. The van der Waals surface area contributed by atoms with E-state index in [4.69, 9.17) is 0 Å². The van der Waals surface area contributed by atoms with E-state index < -0.39 is 0 Å². The van der Waals surface area contributed by atoms with Crippen molar-refractivity contribution < 1.29 is 0 Å². The third kappa shape index (κ3) is 7.38. The van der Waals surface area contributed by atoms with Crippen LogP contribution in [0.4, 0.5) is 5.69 Å². The lowest BCUT2D eigenvalue weighted by Crippen LogP contribution is -2.00. The van der Waals surface area contributed by atoms with Gasteiger partial charge >= 0.3 is 0 Å². The van der Waals surface area contributed by atoms with Crippen LogP contribution in [0.2, 0.25) is 0 Å². The molecule has 0 aliphatic carbocycles. The predicted molar refractivity (Wildman–Crippen MR) is 129 cm³/mol. The lowest BCUT2D eigenvalue weighted by Gasteiger charge is -2.14. The fourth-order valence-electron chi connectivity index (χ4n) is 2.88. The maximum Gasteiger partial charge on any atom is 0.0376 e. The summed E-state index contributed by atoms with van der Waals surface area (Å²) in [6.45, 7) is 16.1. The molecular weight excluding hydrogens is 338 g/mol. The van der Waals surface area contributed by atoms with Gasteiger partial charge < -0.3 is 5.32 Å². The van der Waals surface area contributed by atoms with Crippen molar-refractivity contribution >= 4 is 16.8 Å². The Morgan fingerprint density at radius 3 is 2.18 bits per heavy atom. The van der Waals surface area contributed by atoms with Gasteiger partial charge in [-0.3, -0.25) is 0 Å². The monoisotopic (exact) mass is 377 g/mol. The molecule has 0 unspecified atom stereocenters. The van der Waals surface area contributed by atoms with Crippen LogP contribution in [-0.2, 0) is 0 Å². The normalized spacial score (nSPS) is 11.7. The van der Waals surface area contributed by atoms with Gasteiger partial charge in [0.1, 0.15) is 0 Å². The molecule has 152 valence electrons. The minimum absolute atomic E-state index is 0.936. The van der Waals surface area contributed by atoms with Crippen molar-refractivity contribution in [2.75, 3.05) is 11.9 Å². The fraction of sp³-hybridized carbons (Fsp3) is 0.407. The van der Waals surface area contributed by atoms with Crippen LogP contribution in [0.15, 0.2) is 54.6 Å². The average molecular weight is 378 g/mol. The van der Waals surface area contributed by atoms with E-state index in [1.807, 2.05) is 0 Å². The van der Waals surface area contributed by atoms with Crippen LogP contribution in [0.3, 0.4) is 0 Å². The van der Waals surface area contributed by atoms with Crippen molar-refractivity contribution in [3.8, 4) is 0 Å². The zero-order chi connectivity index (χ0) is 20.9. The number of nitrogens with one attached hydrogen (secondary N) is 1. The first-order valence-corrected chi connectivity index (χ1v) is 10.8. The Kier molecular flexibility index (Phi) is 11.0. The highest BCUT2D eigenvalue weighted by molar-refractivity contribution is 5.95. The maximum absolute atomic E-state index is 3.47. The standard InChI is InChI=1S/C23H29N.C4H10/c1-6-8-12-22(19(5)20-11-9-10-17(3)15-20)21-14-13-18(4)23(16-21)24-7-2;1-3-4-2/h8-16,24H,6-7H2,1-5H3;3-4H2,1-2H3/b12-8-,22-19-;. The minimum Gasteiger partial charge on any atom is -0.385 e. The summed E-state index contributed by atoms with van der Waals surface area (Å²) in [7, 11) is 0. The second kappa shape index (κ2) is 13.0. The first kappa shape index (κ1) is 23.8. The molecule has 0 aliphatic rings. The van der Waals surface area contributed by atoms with Gasteiger partial charge in [-0.1, -0.05) is 87.7 Å². The van der Waals surface area contributed by atoms with E-state index in [0.717, 1.165) is 13.0 Å².